The number of amidine groups is 1. The van der Waals surface area contributed by atoms with Gasteiger partial charge in [0.15, 0.2) is 10.6 Å². The molecule has 0 amide bonds. The van der Waals surface area contributed by atoms with Crippen LogP contribution in [0.3, 0.4) is 0 Å². The normalized spacial score (nSPS) is 11.5. The van der Waals surface area contributed by atoms with Gasteiger partial charge in [-0.3, -0.25) is 15.0 Å². The van der Waals surface area contributed by atoms with Gasteiger partial charge in [-0.05, 0) is 29.8 Å². The Balaban J connectivity index is 1.90. The minimum absolute atomic E-state index is 0.0623. The van der Waals surface area contributed by atoms with Crippen LogP contribution in [0.15, 0.2) is 83.6 Å². The molecule has 5 nitrogen and oxygen atoms in total. The van der Waals surface area contributed by atoms with Crippen LogP contribution >= 0.6 is 22.9 Å². The van der Waals surface area contributed by atoms with Crippen molar-refractivity contribution in [1.82, 2.24) is 14.5 Å². The van der Waals surface area contributed by atoms with E-state index < -0.39 is 0 Å². The van der Waals surface area contributed by atoms with Gasteiger partial charge in [-0.1, -0.05) is 41.9 Å². The zero-order chi connectivity index (χ0) is 18.6. The molecule has 2 heterocycles. The van der Waals surface area contributed by atoms with Crippen LogP contribution in [0, 0.1) is 5.41 Å². The smallest absolute Gasteiger partial charge is 0.196 e. The van der Waals surface area contributed by atoms with Crippen LogP contribution in [0.5, 0.6) is 0 Å². The summed E-state index contributed by atoms with van der Waals surface area (Å²) >= 11 is 7.52. The number of nitrogens with one attached hydrogen (secondary N) is 1. The molecule has 4 aromatic rings. The van der Waals surface area contributed by atoms with Gasteiger partial charge in [0.25, 0.3) is 0 Å². The maximum absolute atomic E-state index is 8.28. The molecule has 0 atom stereocenters. The second kappa shape index (κ2) is 7.65. The average molecular weight is 392 g/mol. The van der Waals surface area contributed by atoms with E-state index in [0.717, 1.165) is 16.9 Å². The number of thiazole rings is 1. The first-order valence-corrected chi connectivity index (χ1v) is 9.40. The molecule has 0 aliphatic rings. The zero-order valence-corrected chi connectivity index (χ0v) is 15.7. The van der Waals surface area contributed by atoms with Gasteiger partial charge in [-0.15, -0.1) is 11.3 Å². The van der Waals surface area contributed by atoms with E-state index in [1.807, 2.05) is 64.5 Å². The Morgan fingerprint density at radius 2 is 1.81 bits per heavy atom. The van der Waals surface area contributed by atoms with Crippen molar-refractivity contribution in [1.29, 1.82) is 5.41 Å². The van der Waals surface area contributed by atoms with Crippen molar-refractivity contribution < 1.29 is 0 Å². The monoisotopic (exact) mass is 391 g/mol. The summed E-state index contributed by atoms with van der Waals surface area (Å²) in [5.41, 5.74) is 3.41. The van der Waals surface area contributed by atoms with Crippen molar-refractivity contribution >= 4 is 28.8 Å². The lowest BCUT2D eigenvalue weighted by Gasteiger charge is -2.09. The topological polar surface area (TPSA) is 66.9 Å². The molecule has 2 aromatic carbocycles. The summed E-state index contributed by atoms with van der Waals surface area (Å²) in [5.74, 6) is 0.0623. The third-order valence-corrected chi connectivity index (χ3v) is 4.95. The number of halogens is 1. The highest BCUT2D eigenvalue weighted by Gasteiger charge is 2.11. The Labute approximate surface area is 164 Å². The van der Waals surface area contributed by atoms with Gasteiger partial charge in [0, 0.05) is 28.5 Å². The third-order valence-electron chi connectivity index (χ3n) is 3.88. The van der Waals surface area contributed by atoms with E-state index >= 15 is 0 Å². The van der Waals surface area contributed by atoms with E-state index in [9.17, 15) is 0 Å². The number of hydrogen-bond donors (Lipinski definition) is 1. The molecule has 0 unspecified atom stereocenters. The van der Waals surface area contributed by atoms with Gasteiger partial charge in [0.2, 0.25) is 0 Å². The molecule has 132 valence electrons. The highest BCUT2D eigenvalue weighted by atomic mass is 35.5. The quantitative estimate of drug-likeness (QED) is 0.410. The first-order chi connectivity index (χ1) is 13.2. The fourth-order valence-electron chi connectivity index (χ4n) is 2.61. The molecule has 2 aromatic heterocycles. The zero-order valence-electron chi connectivity index (χ0n) is 14.1. The summed E-state index contributed by atoms with van der Waals surface area (Å²) in [6.07, 6.45) is 4.66. The molecule has 7 heteroatoms. The molecule has 0 aliphatic heterocycles. The van der Waals surface area contributed by atoms with E-state index in [1.165, 1.54) is 17.5 Å². The lowest BCUT2D eigenvalue weighted by atomic mass is 10.1. The van der Waals surface area contributed by atoms with Gasteiger partial charge in [0.1, 0.15) is 5.69 Å². The predicted octanol–water partition coefficient (Wildman–Crippen LogP) is 4.58. The molecule has 0 saturated carbocycles. The highest BCUT2D eigenvalue weighted by molar-refractivity contribution is 7.07. The van der Waals surface area contributed by atoms with Crippen molar-refractivity contribution in [2.24, 2.45) is 4.99 Å². The number of hydrogen-bond acceptors (Lipinski definition) is 4. The Morgan fingerprint density at radius 3 is 2.52 bits per heavy atom. The van der Waals surface area contributed by atoms with Crippen molar-refractivity contribution in [3.63, 3.8) is 0 Å². The van der Waals surface area contributed by atoms with Crippen LogP contribution in [-0.2, 0) is 0 Å². The first-order valence-electron chi connectivity index (χ1n) is 8.14. The van der Waals surface area contributed by atoms with Crippen molar-refractivity contribution in [2.75, 3.05) is 0 Å². The Hall–Kier alpha value is -3.09. The number of rotatable bonds is 3. The summed E-state index contributed by atoms with van der Waals surface area (Å²) < 4.78 is 2.02. The maximum atomic E-state index is 8.28. The fourth-order valence-corrected chi connectivity index (χ4v) is 3.65. The molecule has 4 rings (SSSR count). The molecule has 0 saturated heterocycles. The van der Waals surface area contributed by atoms with E-state index in [0.29, 0.717) is 15.5 Å². The molecule has 0 bridgehead atoms. The maximum Gasteiger partial charge on any atom is 0.196 e. The largest absolute Gasteiger partial charge is 0.285 e. The van der Waals surface area contributed by atoms with E-state index in [2.05, 4.69) is 15.0 Å². The summed E-state index contributed by atoms with van der Waals surface area (Å²) in [5, 5.41) is 11.0. The highest BCUT2D eigenvalue weighted by Crippen LogP contribution is 2.24. The van der Waals surface area contributed by atoms with Gasteiger partial charge >= 0.3 is 0 Å². The summed E-state index contributed by atoms with van der Waals surface area (Å²) in [4.78, 5) is 13.3. The number of nitrogens with zero attached hydrogens (tertiary/aromatic N) is 4. The first kappa shape index (κ1) is 17.3. The van der Waals surface area contributed by atoms with Crippen molar-refractivity contribution in [3.8, 4) is 16.9 Å². The molecular weight excluding hydrogens is 378 g/mol. The Kier molecular flexibility index (Phi) is 4.91. The van der Waals surface area contributed by atoms with Gasteiger partial charge in [-0.25, -0.2) is 4.98 Å². The standard InChI is InChI=1S/C20H14ClN5S/c21-15-6-8-16(9-7-15)26-18(14-4-2-1-3-5-14)13-27-20(26)25-19(22)17-12-23-10-11-24-17/h1-13,22H. The molecule has 1 N–H and O–H groups in total. The molecule has 0 fully saturated rings. The second-order valence-corrected chi connectivity index (χ2v) is 6.91. The predicted molar refractivity (Wildman–Crippen MR) is 109 cm³/mol. The average Bonchev–Trinajstić information content (AvgIpc) is 3.13. The van der Waals surface area contributed by atoms with Crippen LogP contribution in [0.4, 0.5) is 0 Å². The van der Waals surface area contributed by atoms with Crippen molar-refractivity contribution in [2.45, 2.75) is 0 Å². The number of benzene rings is 2. The van der Waals surface area contributed by atoms with E-state index in [4.69, 9.17) is 17.0 Å². The minimum Gasteiger partial charge on any atom is -0.285 e. The second-order valence-electron chi connectivity index (χ2n) is 5.63. The van der Waals surface area contributed by atoms with Crippen LogP contribution in [-0.4, -0.2) is 20.4 Å². The summed E-state index contributed by atoms with van der Waals surface area (Å²) in [6, 6.07) is 17.6. The SMILES string of the molecule is N=C(N=c1scc(-c2ccccc2)n1-c1ccc(Cl)cc1)c1cnccn1. The Bertz CT molecular complexity index is 1130. The van der Waals surface area contributed by atoms with Gasteiger partial charge in [-0.2, -0.15) is 4.99 Å². The molecule has 0 aliphatic carbocycles. The fraction of sp³-hybridized carbons (Fsp3) is 0. The van der Waals surface area contributed by atoms with Crippen LogP contribution < -0.4 is 4.80 Å². The van der Waals surface area contributed by atoms with Crippen LogP contribution in [0.2, 0.25) is 5.02 Å². The van der Waals surface area contributed by atoms with E-state index in [1.54, 1.807) is 12.4 Å². The van der Waals surface area contributed by atoms with Crippen LogP contribution in [0.25, 0.3) is 16.9 Å². The van der Waals surface area contributed by atoms with Gasteiger partial charge in [0.05, 0.1) is 11.9 Å². The lowest BCUT2D eigenvalue weighted by Crippen LogP contribution is -2.16. The third kappa shape index (κ3) is 3.72. The molecule has 27 heavy (non-hydrogen) atoms. The summed E-state index contributed by atoms with van der Waals surface area (Å²) in [7, 11) is 0. The molecular formula is C20H14ClN5S. The number of aromatic nitrogens is 3. The lowest BCUT2D eigenvalue weighted by molar-refractivity contribution is 1.01. The molecule has 0 radical (unpaired) electrons. The minimum atomic E-state index is 0.0623. The summed E-state index contributed by atoms with van der Waals surface area (Å²) in [6.45, 7) is 0. The van der Waals surface area contributed by atoms with Crippen LogP contribution in [0.1, 0.15) is 5.69 Å². The molecule has 0 spiro atoms. The van der Waals surface area contributed by atoms with Gasteiger partial charge < -0.3 is 0 Å². The van der Waals surface area contributed by atoms with E-state index in [-0.39, 0.29) is 5.84 Å². The van der Waals surface area contributed by atoms with Crippen molar-refractivity contribution in [3.05, 3.63) is 94.1 Å². The Morgan fingerprint density at radius 1 is 1.04 bits per heavy atom.